The van der Waals surface area contributed by atoms with Gasteiger partial charge in [0.2, 0.25) is 5.91 Å². The van der Waals surface area contributed by atoms with Crippen molar-refractivity contribution in [2.75, 3.05) is 6.61 Å². The van der Waals surface area contributed by atoms with Crippen LogP contribution in [0, 0.1) is 0 Å². The second-order valence-corrected chi connectivity index (χ2v) is 4.51. The average Bonchev–Trinajstić information content (AvgIpc) is 2.89. The van der Waals surface area contributed by atoms with Gasteiger partial charge in [-0.3, -0.25) is 14.3 Å². The molecule has 8 heteroatoms. The summed E-state index contributed by atoms with van der Waals surface area (Å²) in [5, 5.41) is 10.4. The third-order valence-electron chi connectivity index (χ3n) is 2.61. The predicted octanol–water partition coefficient (Wildman–Crippen LogP) is 0.217. The van der Waals surface area contributed by atoms with Crippen LogP contribution < -0.4 is 5.32 Å². The van der Waals surface area contributed by atoms with Crippen molar-refractivity contribution in [3.8, 4) is 0 Å². The van der Waals surface area contributed by atoms with Crippen LogP contribution >= 0.6 is 0 Å². The molecular formula is C13H20N4O4. The van der Waals surface area contributed by atoms with Gasteiger partial charge in [0.25, 0.3) is 0 Å². The van der Waals surface area contributed by atoms with Crippen molar-refractivity contribution in [2.24, 2.45) is 0 Å². The number of nitrogens with one attached hydrogen (secondary N) is 1. The zero-order chi connectivity index (χ0) is 15.7. The van der Waals surface area contributed by atoms with Crippen LogP contribution in [0.3, 0.4) is 0 Å². The Bertz CT molecular complexity index is 498. The normalized spacial score (nSPS) is 10.2. The van der Waals surface area contributed by atoms with Crippen LogP contribution in [0.5, 0.6) is 0 Å². The van der Waals surface area contributed by atoms with Gasteiger partial charge < -0.3 is 14.8 Å². The van der Waals surface area contributed by atoms with Crippen LogP contribution in [0.25, 0.3) is 0 Å². The summed E-state index contributed by atoms with van der Waals surface area (Å²) in [4.78, 5) is 33.4. The minimum absolute atomic E-state index is 0.0185. The van der Waals surface area contributed by atoms with Crippen molar-refractivity contribution in [1.29, 1.82) is 0 Å². The minimum Gasteiger partial charge on any atom is -0.466 e. The van der Waals surface area contributed by atoms with Gasteiger partial charge in [0.15, 0.2) is 0 Å². The molecule has 0 aliphatic rings. The smallest absolute Gasteiger partial charge is 0.307 e. The standard InChI is InChI=1S/C13H20N4O4/c1-3-21-13(20)6-7-17-9-11(15-16-17)8-14-12(19)5-4-10(2)18/h9H,3-8H2,1-2H3,(H,14,19). The highest BCUT2D eigenvalue weighted by Gasteiger charge is 2.07. The molecule has 0 bridgehead atoms. The number of aromatic nitrogens is 3. The van der Waals surface area contributed by atoms with Crippen LogP contribution in [0.2, 0.25) is 0 Å². The van der Waals surface area contributed by atoms with Gasteiger partial charge in [0, 0.05) is 12.8 Å². The zero-order valence-corrected chi connectivity index (χ0v) is 12.3. The average molecular weight is 296 g/mol. The Hall–Kier alpha value is -2.25. The van der Waals surface area contributed by atoms with Crippen LogP contribution in [0.15, 0.2) is 6.20 Å². The molecule has 1 aromatic rings. The molecule has 116 valence electrons. The predicted molar refractivity (Wildman–Crippen MR) is 73.0 cm³/mol. The highest BCUT2D eigenvalue weighted by molar-refractivity contribution is 5.83. The molecule has 1 aromatic heterocycles. The van der Waals surface area contributed by atoms with Gasteiger partial charge in [-0.05, 0) is 13.8 Å². The van der Waals surface area contributed by atoms with Gasteiger partial charge in [0.05, 0.1) is 32.3 Å². The third kappa shape index (κ3) is 7.19. The number of Topliss-reactive ketones (excluding diaryl/α,β-unsaturated/α-hetero) is 1. The lowest BCUT2D eigenvalue weighted by Gasteiger charge is -2.01. The second kappa shape index (κ2) is 8.83. The van der Waals surface area contributed by atoms with Gasteiger partial charge in [-0.1, -0.05) is 5.21 Å². The maximum absolute atomic E-state index is 11.4. The summed E-state index contributed by atoms with van der Waals surface area (Å²) in [7, 11) is 0. The van der Waals surface area contributed by atoms with E-state index in [0.29, 0.717) is 18.8 Å². The van der Waals surface area contributed by atoms with Crippen LogP contribution in [-0.4, -0.2) is 39.3 Å². The monoisotopic (exact) mass is 296 g/mol. The number of nitrogens with zero attached hydrogens (tertiary/aromatic N) is 3. The van der Waals surface area contributed by atoms with Crippen molar-refractivity contribution >= 4 is 17.7 Å². The van der Waals surface area contributed by atoms with E-state index in [2.05, 4.69) is 15.6 Å². The number of hydrogen-bond acceptors (Lipinski definition) is 6. The van der Waals surface area contributed by atoms with E-state index >= 15 is 0 Å². The molecule has 0 saturated heterocycles. The number of aryl methyl sites for hydroxylation is 1. The number of ketones is 1. The Morgan fingerprint density at radius 1 is 1.29 bits per heavy atom. The van der Waals surface area contributed by atoms with Crippen LogP contribution in [-0.2, 0) is 32.2 Å². The van der Waals surface area contributed by atoms with E-state index in [1.54, 1.807) is 13.1 Å². The molecule has 8 nitrogen and oxygen atoms in total. The maximum Gasteiger partial charge on any atom is 0.307 e. The topological polar surface area (TPSA) is 103 Å². The Morgan fingerprint density at radius 2 is 2.05 bits per heavy atom. The van der Waals surface area contributed by atoms with Gasteiger partial charge in [-0.15, -0.1) is 5.10 Å². The molecule has 21 heavy (non-hydrogen) atoms. The Balaban J connectivity index is 2.30. The molecule has 1 amide bonds. The molecule has 0 atom stereocenters. The van der Waals surface area contributed by atoms with Crippen molar-refractivity contribution < 1.29 is 19.1 Å². The summed E-state index contributed by atoms with van der Waals surface area (Å²) >= 11 is 0. The number of esters is 1. The van der Waals surface area contributed by atoms with E-state index < -0.39 is 0 Å². The fraction of sp³-hybridized carbons (Fsp3) is 0.615. The first-order chi connectivity index (χ1) is 10.0. The Morgan fingerprint density at radius 3 is 2.71 bits per heavy atom. The summed E-state index contributed by atoms with van der Waals surface area (Å²) < 4.78 is 6.33. The fourth-order valence-corrected chi connectivity index (χ4v) is 1.53. The molecule has 0 radical (unpaired) electrons. The highest BCUT2D eigenvalue weighted by Crippen LogP contribution is 1.97. The summed E-state index contributed by atoms with van der Waals surface area (Å²) in [6.45, 7) is 4.18. The Kier molecular flexibility index (Phi) is 7.06. The molecule has 1 N–H and O–H groups in total. The second-order valence-electron chi connectivity index (χ2n) is 4.51. The summed E-state index contributed by atoms with van der Waals surface area (Å²) in [5.74, 6) is -0.506. The van der Waals surface area contributed by atoms with Crippen molar-refractivity contribution in [1.82, 2.24) is 20.3 Å². The van der Waals surface area contributed by atoms with E-state index in [4.69, 9.17) is 4.74 Å². The molecule has 1 heterocycles. The summed E-state index contributed by atoms with van der Waals surface area (Å²) in [5.41, 5.74) is 0.593. The fourth-order valence-electron chi connectivity index (χ4n) is 1.53. The first-order valence-corrected chi connectivity index (χ1v) is 6.82. The van der Waals surface area contributed by atoms with Gasteiger partial charge in [-0.2, -0.15) is 0 Å². The molecule has 0 spiro atoms. The number of ether oxygens (including phenoxy) is 1. The van der Waals surface area contributed by atoms with Gasteiger partial charge in [0.1, 0.15) is 11.5 Å². The molecule has 0 aromatic carbocycles. The maximum atomic E-state index is 11.4. The molecule has 0 saturated carbocycles. The lowest BCUT2D eigenvalue weighted by Crippen LogP contribution is -2.23. The van der Waals surface area contributed by atoms with Crippen LogP contribution in [0.4, 0.5) is 0 Å². The van der Waals surface area contributed by atoms with Crippen molar-refractivity contribution in [3.63, 3.8) is 0 Å². The first kappa shape index (κ1) is 16.8. The van der Waals surface area contributed by atoms with Crippen LogP contribution in [0.1, 0.15) is 38.8 Å². The zero-order valence-electron chi connectivity index (χ0n) is 12.3. The van der Waals surface area contributed by atoms with E-state index in [1.165, 1.54) is 11.6 Å². The van der Waals surface area contributed by atoms with Gasteiger partial charge >= 0.3 is 5.97 Å². The molecule has 0 aliphatic carbocycles. The van der Waals surface area contributed by atoms with Crippen molar-refractivity contribution in [3.05, 3.63) is 11.9 Å². The quantitative estimate of drug-likeness (QED) is 0.654. The number of amides is 1. The first-order valence-electron chi connectivity index (χ1n) is 6.82. The van der Waals surface area contributed by atoms with E-state index in [1.807, 2.05) is 0 Å². The van der Waals surface area contributed by atoms with E-state index in [9.17, 15) is 14.4 Å². The van der Waals surface area contributed by atoms with E-state index in [0.717, 1.165) is 0 Å². The summed E-state index contributed by atoms with van der Waals surface area (Å²) in [6, 6.07) is 0. The molecule has 0 aliphatic heterocycles. The number of hydrogen-bond donors (Lipinski definition) is 1. The number of rotatable bonds is 9. The Labute approximate surface area is 122 Å². The molecule has 0 unspecified atom stereocenters. The number of carbonyl (C=O) groups is 3. The SMILES string of the molecule is CCOC(=O)CCn1cc(CNC(=O)CCC(C)=O)nn1. The largest absolute Gasteiger partial charge is 0.466 e. The lowest BCUT2D eigenvalue weighted by atomic mass is 10.2. The van der Waals surface area contributed by atoms with E-state index in [-0.39, 0.29) is 43.5 Å². The lowest BCUT2D eigenvalue weighted by molar-refractivity contribution is -0.143. The minimum atomic E-state index is -0.285. The van der Waals surface area contributed by atoms with Crippen molar-refractivity contribution in [2.45, 2.75) is 46.2 Å². The summed E-state index contributed by atoms with van der Waals surface area (Å²) in [6.07, 6.45) is 2.29. The number of carbonyl (C=O) groups excluding carboxylic acids is 3. The highest BCUT2D eigenvalue weighted by atomic mass is 16.5. The molecule has 0 fully saturated rings. The third-order valence-corrected chi connectivity index (χ3v) is 2.61. The molecular weight excluding hydrogens is 276 g/mol. The molecule has 1 rings (SSSR count). The van der Waals surface area contributed by atoms with Gasteiger partial charge in [-0.25, -0.2) is 0 Å².